The molecule has 0 saturated heterocycles. The highest BCUT2D eigenvalue weighted by atomic mass is 32.2. The molecule has 4 aliphatic rings. The highest BCUT2D eigenvalue weighted by Crippen LogP contribution is 2.61. The van der Waals surface area contributed by atoms with Gasteiger partial charge >= 0.3 is 0 Å². The van der Waals surface area contributed by atoms with Gasteiger partial charge in [0, 0.05) is 18.8 Å². The van der Waals surface area contributed by atoms with E-state index in [0.29, 0.717) is 11.5 Å². The molecule has 4 fully saturated rings. The monoisotopic (exact) mass is 292 g/mol. The van der Waals surface area contributed by atoms with Crippen molar-refractivity contribution >= 4 is 11.8 Å². The van der Waals surface area contributed by atoms with Crippen molar-refractivity contribution in [1.82, 2.24) is 14.8 Å². The molecule has 5 heteroatoms. The van der Waals surface area contributed by atoms with E-state index in [9.17, 15) is 0 Å². The van der Waals surface area contributed by atoms with Crippen molar-refractivity contribution in [2.24, 2.45) is 36.0 Å². The molecule has 0 aromatic carbocycles. The SMILES string of the molecule is Cn1cnnc1SCC(N)C12CC3CC(CC(C3)C1)C2. The van der Waals surface area contributed by atoms with Crippen LogP contribution < -0.4 is 5.73 Å². The summed E-state index contributed by atoms with van der Waals surface area (Å²) >= 11 is 1.78. The van der Waals surface area contributed by atoms with Crippen LogP contribution in [0.5, 0.6) is 0 Å². The Kier molecular flexibility index (Phi) is 3.11. The van der Waals surface area contributed by atoms with E-state index in [4.69, 9.17) is 5.73 Å². The van der Waals surface area contributed by atoms with E-state index in [1.165, 1.54) is 38.5 Å². The summed E-state index contributed by atoms with van der Waals surface area (Å²) in [5.74, 6) is 3.92. The van der Waals surface area contributed by atoms with Gasteiger partial charge in [-0.3, -0.25) is 0 Å². The van der Waals surface area contributed by atoms with E-state index in [0.717, 1.165) is 28.7 Å². The summed E-state index contributed by atoms with van der Waals surface area (Å²) in [6.45, 7) is 0. The third-order valence-corrected chi connectivity index (χ3v) is 7.09. The van der Waals surface area contributed by atoms with Gasteiger partial charge < -0.3 is 10.3 Å². The molecule has 0 amide bonds. The first kappa shape index (κ1) is 13.1. The van der Waals surface area contributed by atoms with Crippen LogP contribution in [-0.4, -0.2) is 26.6 Å². The Bertz CT molecular complexity index is 463. The number of hydrogen-bond acceptors (Lipinski definition) is 4. The number of hydrogen-bond donors (Lipinski definition) is 1. The third kappa shape index (κ3) is 2.10. The fraction of sp³-hybridized carbons (Fsp3) is 0.867. The minimum absolute atomic E-state index is 0.317. The lowest BCUT2D eigenvalue weighted by Crippen LogP contribution is -2.55. The van der Waals surface area contributed by atoms with E-state index >= 15 is 0 Å². The predicted octanol–water partition coefficient (Wildman–Crippen LogP) is 2.45. The molecule has 1 aromatic heterocycles. The van der Waals surface area contributed by atoms with Crippen molar-refractivity contribution < 1.29 is 0 Å². The molecule has 4 aliphatic carbocycles. The zero-order valence-electron chi connectivity index (χ0n) is 12.2. The second kappa shape index (κ2) is 4.73. The number of thioether (sulfide) groups is 1. The highest BCUT2D eigenvalue weighted by molar-refractivity contribution is 7.99. The Morgan fingerprint density at radius 3 is 2.40 bits per heavy atom. The van der Waals surface area contributed by atoms with Gasteiger partial charge in [0.2, 0.25) is 0 Å². The maximum absolute atomic E-state index is 6.66. The summed E-state index contributed by atoms with van der Waals surface area (Å²) in [6.07, 6.45) is 10.4. The summed E-state index contributed by atoms with van der Waals surface area (Å²) in [7, 11) is 2.00. The van der Waals surface area contributed by atoms with E-state index in [-0.39, 0.29) is 0 Å². The van der Waals surface area contributed by atoms with Crippen molar-refractivity contribution in [2.75, 3.05) is 5.75 Å². The molecule has 0 radical (unpaired) electrons. The summed E-state index contributed by atoms with van der Waals surface area (Å²) in [6, 6.07) is 0.317. The third-order valence-electron chi connectivity index (χ3n) is 5.93. The standard InChI is InChI=1S/C15H24N4S/c1-19-9-17-18-14(19)20-8-13(16)15-5-10-2-11(6-15)4-12(3-10)7-15/h9-13H,2-8,16H2,1H3. The van der Waals surface area contributed by atoms with Crippen LogP contribution in [0.1, 0.15) is 38.5 Å². The number of aryl methyl sites for hydroxylation is 1. The Morgan fingerprint density at radius 1 is 1.30 bits per heavy atom. The van der Waals surface area contributed by atoms with Crippen LogP contribution in [-0.2, 0) is 7.05 Å². The van der Waals surface area contributed by atoms with E-state index in [2.05, 4.69) is 10.2 Å². The van der Waals surface area contributed by atoms with Crippen molar-refractivity contribution in [3.8, 4) is 0 Å². The Labute approximate surface area is 124 Å². The van der Waals surface area contributed by atoms with Crippen LogP contribution in [0.3, 0.4) is 0 Å². The molecular weight excluding hydrogens is 268 g/mol. The molecule has 2 N–H and O–H groups in total. The minimum atomic E-state index is 0.317. The average Bonchev–Trinajstić information content (AvgIpc) is 2.80. The molecule has 0 aliphatic heterocycles. The zero-order chi connectivity index (χ0) is 13.7. The number of rotatable bonds is 4. The maximum atomic E-state index is 6.66. The van der Waals surface area contributed by atoms with Gasteiger partial charge in [0.15, 0.2) is 5.16 Å². The molecule has 5 rings (SSSR count). The normalized spacial score (nSPS) is 40.2. The molecule has 4 saturated carbocycles. The van der Waals surface area contributed by atoms with Crippen molar-refractivity contribution in [3.05, 3.63) is 6.33 Å². The lowest BCUT2D eigenvalue weighted by Gasteiger charge is -2.59. The van der Waals surface area contributed by atoms with Crippen LogP contribution in [0.2, 0.25) is 0 Å². The van der Waals surface area contributed by atoms with Gasteiger partial charge in [-0.1, -0.05) is 11.8 Å². The molecule has 4 nitrogen and oxygen atoms in total. The van der Waals surface area contributed by atoms with Gasteiger partial charge in [-0.05, 0) is 61.7 Å². The Balaban J connectivity index is 1.45. The number of nitrogens with two attached hydrogens (primary N) is 1. The molecule has 4 bridgehead atoms. The van der Waals surface area contributed by atoms with Gasteiger partial charge in [0.05, 0.1) is 0 Å². The van der Waals surface area contributed by atoms with Crippen molar-refractivity contribution in [3.63, 3.8) is 0 Å². The van der Waals surface area contributed by atoms with Crippen LogP contribution in [0, 0.1) is 23.2 Å². The van der Waals surface area contributed by atoms with Crippen molar-refractivity contribution in [1.29, 1.82) is 0 Å². The lowest BCUT2D eigenvalue weighted by molar-refractivity contribution is -0.0629. The molecule has 20 heavy (non-hydrogen) atoms. The van der Waals surface area contributed by atoms with Gasteiger partial charge in [-0.15, -0.1) is 10.2 Å². The molecule has 1 heterocycles. The molecule has 1 atom stereocenters. The largest absolute Gasteiger partial charge is 0.326 e. The topological polar surface area (TPSA) is 56.7 Å². The average molecular weight is 292 g/mol. The quantitative estimate of drug-likeness (QED) is 0.866. The van der Waals surface area contributed by atoms with Gasteiger partial charge in [0.1, 0.15) is 6.33 Å². The first-order valence-corrected chi connectivity index (χ1v) is 8.85. The van der Waals surface area contributed by atoms with E-state index < -0.39 is 0 Å². The molecule has 1 aromatic rings. The fourth-order valence-electron chi connectivity index (χ4n) is 5.38. The zero-order valence-corrected chi connectivity index (χ0v) is 13.0. The second-order valence-electron chi connectivity index (χ2n) is 7.42. The molecule has 110 valence electrons. The summed E-state index contributed by atoms with van der Waals surface area (Å²) in [4.78, 5) is 0. The highest BCUT2D eigenvalue weighted by Gasteiger charge is 2.53. The van der Waals surface area contributed by atoms with Gasteiger partial charge in [-0.2, -0.15) is 0 Å². The smallest absolute Gasteiger partial charge is 0.190 e. The fourth-order valence-corrected chi connectivity index (χ4v) is 6.41. The number of aromatic nitrogens is 3. The van der Waals surface area contributed by atoms with Crippen LogP contribution >= 0.6 is 11.8 Å². The first-order chi connectivity index (χ1) is 9.64. The minimum Gasteiger partial charge on any atom is -0.326 e. The van der Waals surface area contributed by atoms with Gasteiger partial charge in [-0.25, -0.2) is 0 Å². The Hall–Kier alpha value is -0.550. The van der Waals surface area contributed by atoms with Crippen LogP contribution in [0.15, 0.2) is 11.5 Å². The lowest BCUT2D eigenvalue weighted by atomic mass is 9.48. The molecule has 0 spiro atoms. The maximum Gasteiger partial charge on any atom is 0.190 e. The molecule has 1 unspecified atom stereocenters. The van der Waals surface area contributed by atoms with E-state index in [1.54, 1.807) is 18.1 Å². The summed E-state index contributed by atoms with van der Waals surface area (Å²) in [5.41, 5.74) is 7.11. The first-order valence-electron chi connectivity index (χ1n) is 7.87. The van der Waals surface area contributed by atoms with Crippen LogP contribution in [0.25, 0.3) is 0 Å². The van der Waals surface area contributed by atoms with Crippen molar-refractivity contribution in [2.45, 2.75) is 49.7 Å². The molecular formula is C15H24N4S. The van der Waals surface area contributed by atoms with Crippen LogP contribution in [0.4, 0.5) is 0 Å². The summed E-state index contributed by atoms with van der Waals surface area (Å²) in [5, 5.41) is 9.09. The Morgan fingerprint density at radius 2 is 1.90 bits per heavy atom. The summed E-state index contributed by atoms with van der Waals surface area (Å²) < 4.78 is 1.98. The van der Waals surface area contributed by atoms with Gasteiger partial charge in [0.25, 0.3) is 0 Å². The number of nitrogens with zero attached hydrogens (tertiary/aromatic N) is 3. The predicted molar refractivity (Wildman–Crippen MR) is 80.3 cm³/mol. The van der Waals surface area contributed by atoms with E-state index in [1.807, 2.05) is 11.6 Å². The second-order valence-corrected chi connectivity index (χ2v) is 8.41.